The third-order valence-electron chi connectivity index (χ3n) is 4.71. The molecule has 6 nitrogen and oxygen atoms in total. The summed E-state index contributed by atoms with van der Waals surface area (Å²) >= 11 is 0. The molecule has 2 N–H and O–H groups in total. The first-order chi connectivity index (χ1) is 12.3. The Kier molecular flexibility index (Phi) is 4.43. The number of amides is 1. The highest BCUT2D eigenvalue weighted by molar-refractivity contribution is 5.97. The van der Waals surface area contributed by atoms with Gasteiger partial charge < -0.3 is 10.2 Å². The number of benzene rings is 1. The van der Waals surface area contributed by atoms with Crippen molar-refractivity contribution in [2.24, 2.45) is 5.92 Å². The second-order valence-corrected chi connectivity index (χ2v) is 6.58. The van der Waals surface area contributed by atoms with Crippen LogP contribution in [0, 0.1) is 5.92 Å². The van der Waals surface area contributed by atoms with Gasteiger partial charge in [-0.2, -0.15) is 5.10 Å². The molecule has 2 aromatic heterocycles. The van der Waals surface area contributed by atoms with E-state index in [1.165, 1.54) is 0 Å². The quantitative estimate of drug-likeness (QED) is 0.750. The monoisotopic (exact) mass is 335 g/mol. The predicted octanol–water partition coefficient (Wildman–Crippen LogP) is 2.21. The van der Waals surface area contributed by atoms with Gasteiger partial charge in [-0.05, 0) is 55.3 Å². The van der Waals surface area contributed by atoms with E-state index in [-0.39, 0.29) is 5.91 Å². The Morgan fingerprint density at radius 2 is 2.24 bits per heavy atom. The van der Waals surface area contributed by atoms with Crippen molar-refractivity contribution in [1.82, 2.24) is 25.4 Å². The van der Waals surface area contributed by atoms with E-state index in [1.807, 2.05) is 41.4 Å². The highest BCUT2D eigenvalue weighted by atomic mass is 16.2. The summed E-state index contributed by atoms with van der Waals surface area (Å²) in [5, 5.41) is 11.3. The van der Waals surface area contributed by atoms with E-state index in [0.29, 0.717) is 18.0 Å². The molecule has 1 saturated heterocycles. The molecule has 6 heteroatoms. The minimum Gasteiger partial charge on any atom is -0.334 e. The Labute approximate surface area is 146 Å². The number of hydrogen-bond donors (Lipinski definition) is 2. The number of nitrogens with zero attached hydrogens (tertiary/aromatic N) is 3. The summed E-state index contributed by atoms with van der Waals surface area (Å²) in [7, 11) is 0. The van der Waals surface area contributed by atoms with Crippen LogP contribution in [0.5, 0.6) is 0 Å². The normalized spacial score (nSPS) is 17.0. The average Bonchev–Trinajstić information content (AvgIpc) is 3.32. The Morgan fingerprint density at radius 1 is 1.28 bits per heavy atom. The molecule has 0 bridgehead atoms. The summed E-state index contributed by atoms with van der Waals surface area (Å²) in [5.74, 6) is 0.553. The summed E-state index contributed by atoms with van der Waals surface area (Å²) in [6.07, 6.45) is 6.44. The molecule has 0 radical (unpaired) electrons. The fourth-order valence-electron chi connectivity index (χ4n) is 3.37. The largest absolute Gasteiger partial charge is 0.334 e. The Morgan fingerprint density at radius 3 is 3.04 bits per heavy atom. The molecule has 1 amide bonds. The molecule has 4 rings (SSSR count). The molecule has 128 valence electrons. The van der Waals surface area contributed by atoms with Gasteiger partial charge in [0, 0.05) is 36.4 Å². The van der Waals surface area contributed by atoms with Crippen LogP contribution in [0.2, 0.25) is 0 Å². The van der Waals surface area contributed by atoms with Gasteiger partial charge in [0.05, 0.1) is 11.7 Å². The molecule has 1 aliphatic rings. The van der Waals surface area contributed by atoms with Gasteiger partial charge in [0.25, 0.3) is 5.91 Å². The van der Waals surface area contributed by atoms with Crippen LogP contribution >= 0.6 is 0 Å². The highest BCUT2D eigenvalue weighted by Gasteiger charge is 2.23. The number of aromatic nitrogens is 3. The molecule has 0 unspecified atom stereocenters. The maximum absolute atomic E-state index is 13.2. The number of aromatic amines is 1. The number of rotatable bonds is 5. The second-order valence-electron chi connectivity index (χ2n) is 6.58. The van der Waals surface area contributed by atoms with E-state index in [0.717, 1.165) is 42.5 Å². The molecule has 25 heavy (non-hydrogen) atoms. The van der Waals surface area contributed by atoms with Crippen molar-refractivity contribution in [2.75, 3.05) is 19.6 Å². The molecule has 1 fully saturated rings. The lowest BCUT2D eigenvalue weighted by atomic mass is 10.1. The van der Waals surface area contributed by atoms with E-state index in [9.17, 15) is 4.79 Å². The first kappa shape index (κ1) is 15.8. The number of nitrogens with one attached hydrogen (secondary N) is 2. The van der Waals surface area contributed by atoms with Crippen LogP contribution < -0.4 is 5.32 Å². The van der Waals surface area contributed by atoms with Crippen molar-refractivity contribution >= 4 is 16.8 Å². The average molecular weight is 335 g/mol. The number of hydrogen-bond acceptors (Lipinski definition) is 4. The fourth-order valence-corrected chi connectivity index (χ4v) is 3.37. The maximum Gasteiger partial charge on any atom is 0.254 e. The lowest BCUT2D eigenvalue weighted by molar-refractivity contribution is 0.0718. The Bertz CT molecular complexity index is 854. The van der Waals surface area contributed by atoms with Crippen molar-refractivity contribution in [3.63, 3.8) is 0 Å². The smallest absolute Gasteiger partial charge is 0.254 e. The number of pyridine rings is 1. The minimum atomic E-state index is 0.0545. The van der Waals surface area contributed by atoms with Gasteiger partial charge >= 0.3 is 0 Å². The zero-order chi connectivity index (χ0) is 17.1. The van der Waals surface area contributed by atoms with Crippen LogP contribution in [0.3, 0.4) is 0 Å². The molecule has 0 saturated carbocycles. The maximum atomic E-state index is 13.2. The zero-order valence-electron chi connectivity index (χ0n) is 14.0. The van der Waals surface area contributed by atoms with Crippen LogP contribution in [-0.4, -0.2) is 45.6 Å². The van der Waals surface area contributed by atoms with E-state index in [4.69, 9.17) is 0 Å². The van der Waals surface area contributed by atoms with Gasteiger partial charge in [-0.3, -0.25) is 14.9 Å². The van der Waals surface area contributed by atoms with Crippen LogP contribution in [0.1, 0.15) is 22.3 Å². The Hall–Kier alpha value is -2.73. The topological polar surface area (TPSA) is 73.9 Å². The van der Waals surface area contributed by atoms with Crippen LogP contribution in [0.4, 0.5) is 0 Å². The van der Waals surface area contributed by atoms with Gasteiger partial charge in [-0.1, -0.05) is 6.07 Å². The van der Waals surface area contributed by atoms with E-state index in [2.05, 4.69) is 20.5 Å². The SMILES string of the molecule is O=C(c1ccc2[nH]ncc2c1)N(Cc1cccnc1)C[C@@H]1CCNC1. The molecule has 1 aliphatic heterocycles. The van der Waals surface area contributed by atoms with Crippen LogP contribution in [0.15, 0.2) is 48.9 Å². The molecule has 0 spiro atoms. The van der Waals surface area contributed by atoms with Gasteiger partial charge in [0.15, 0.2) is 0 Å². The summed E-state index contributed by atoms with van der Waals surface area (Å²) < 4.78 is 0. The molecular formula is C19H21N5O. The third-order valence-corrected chi connectivity index (χ3v) is 4.71. The number of fused-ring (bicyclic) bond motifs is 1. The van der Waals surface area contributed by atoms with Gasteiger partial charge in [-0.15, -0.1) is 0 Å². The first-order valence-corrected chi connectivity index (χ1v) is 8.61. The summed E-state index contributed by atoms with van der Waals surface area (Å²) in [6.45, 7) is 3.33. The first-order valence-electron chi connectivity index (χ1n) is 8.61. The van der Waals surface area contributed by atoms with E-state index < -0.39 is 0 Å². The summed E-state index contributed by atoms with van der Waals surface area (Å²) in [5.41, 5.74) is 2.69. The van der Waals surface area contributed by atoms with Gasteiger partial charge in [0.1, 0.15) is 0 Å². The second kappa shape index (κ2) is 7.03. The predicted molar refractivity (Wildman–Crippen MR) is 96.0 cm³/mol. The zero-order valence-corrected chi connectivity index (χ0v) is 14.0. The number of carbonyl (C=O) groups is 1. The van der Waals surface area contributed by atoms with Crippen molar-refractivity contribution < 1.29 is 4.79 Å². The third kappa shape index (κ3) is 3.53. The van der Waals surface area contributed by atoms with Gasteiger partial charge in [-0.25, -0.2) is 0 Å². The van der Waals surface area contributed by atoms with Crippen molar-refractivity contribution in [2.45, 2.75) is 13.0 Å². The number of carbonyl (C=O) groups excluding carboxylic acids is 1. The van der Waals surface area contributed by atoms with E-state index >= 15 is 0 Å². The molecule has 3 heterocycles. The van der Waals surface area contributed by atoms with E-state index in [1.54, 1.807) is 12.4 Å². The van der Waals surface area contributed by atoms with Crippen molar-refractivity contribution in [3.05, 3.63) is 60.0 Å². The molecule has 3 aromatic rings. The lowest BCUT2D eigenvalue weighted by Crippen LogP contribution is -2.35. The number of H-pyrrole nitrogens is 1. The Balaban J connectivity index is 1.59. The molecule has 1 atom stereocenters. The lowest BCUT2D eigenvalue weighted by Gasteiger charge is -2.26. The molecule has 1 aromatic carbocycles. The minimum absolute atomic E-state index is 0.0545. The highest BCUT2D eigenvalue weighted by Crippen LogP contribution is 2.18. The molecular weight excluding hydrogens is 314 g/mol. The van der Waals surface area contributed by atoms with Crippen LogP contribution in [0.25, 0.3) is 10.9 Å². The molecule has 0 aliphatic carbocycles. The summed E-state index contributed by atoms with van der Waals surface area (Å²) in [4.78, 5) is 19.3. The fraction of sp³-hybridized carbons (Fsp3) is 0.316. The standard InChI is InChI=1S/C19H21N5O/c25-19(16-3-4-18-17(8-16)11-22-23-18)24(13-15-5-7-21-10-15)12-14-2-1-6-20-9-14/h1-4,6,8-9,11,15,21H,5,7,10,12-13H2,(H,22,23)/t15-/m1/s1. The summed E-state index contributed by atoms with van der Waals surface area (Å²) in [6, 6.07) is 9.61. The van der Waals surface area contributed by atoms with Crippen LogP contribution in [-0.2, 0) is 6.54 Å². The van der Waals surface area contributed by atoms with Crippen molar-refractivity contribution in [3.8, 4) is 0 Å². The van der Waals surface area contributed by atoms with Gasteiger partial charge in [0.2, 0.25) is 0 Å². The van der Waals surface area contributed by atoms with Crippen molar-refractivity contribution in [1.29, 1.82) is 0 Å².